The molecule has 0 unspecified atom stereocenters. The van der Waals surface area contributed by atoms with Gasteiger partial charge >= 0.3 is 6.09 Å². The van der Waals surface area contributed by atoms with Crippen molar-refractivity contribution < 1.29 is 9.53 Å². The number of aromatic nitrogens is 3. The summed E-state index contributed by atoms with van der Waals surface area (Å²) in [6.07, 6.45) is 5.04. The molecule has 0 aliphatic carbocycles. The van der Waals surface area contributed by atoms with Crippen LogP contribution in [-0.2, 0) is 11.3 Å². The van der Waals surface area contributed by atoms with Crippen molar-refractivity contribution in [2.24, 2.45) is 0 Å². The first-order chi connectivity index (χ1) is 13.1. The number of aryl methyl sites for hydroxylation is 1. The molecule has 0 atom stereocenters. The summed E-state index contributed by atoms with van der Waals surface area (Å²) in [5.41, 5.74) is 1.99. The van der Waals surface area contributed by atoms with Crippen molar-refractivity contribution in [1.29, 1.82) is 0 Å². The number of ether oxygens (including phenoxy) is 1. The highest BCUT2D eigenvalue weighted by Crippen LogP contribution is 2.17. The van der Waals surface area contributed by atoms with Gasteiger partial charge in [0.2, 0.25) is 5.95 Å². The third kappa shape index (κ3) is 5.54. The van der Waals surface area contributed by atoms with E-state index in [9.17, 15) is 4.79 Å². The predicted octanol–water partition coefficient (Wildman–Crippen LogP) is 2.82. The van der Waals surface area contributed by atoms with Crippen molar-refractivity contribution in [3.63, 3.8) is 0 Å². The molecule has 8 nitrogen and oxygen atoms in total. The Hall–Kier alpha value is -2.90. The van der Waals surface area contributed by atoms with Crippen LogP contribution in [0.3, 0.4) is 0 Å². The molecular weight excluding hydrogens is 344 g/mol. The molecule has 144 valence electrons. The summed E-state index contributed by atoms with van der Waals surface area (Å²) in [7, 11) is 0. The molecule has 0 bridgehead atoms. The maximum atomic E-state index is 11.8. The van der Waals surface area contributed by atoms with Gasteiger partial charge in [-0.1, -0.05) is 6.07 Å². The second kappa shape index (κ2) is 9.16. The molecule has 2 aromatic heterocycles. The zero-order valence-corrected chi connectivity index (χ0v) is 15.8. The number of amides is 1. The maximum absolute atomic E-state index is 11.8. The van der Waals surface area contributed by atoms with Gasteiger partial charge in [-0.3, -0.25) is 4.98 Å². The fraction of sp³-hybridized carbons (Fsp3) is 0.474. The average Bonchev–Trinajstić information content (AvgIpc) is 2.67. The normalized spacial score (nSPS) is 14.7. The van der Waals surface area contributed by atoms with Gasteiger partial charge in [-0.05, 0) is 38.3 Å². The topological polar surface area (TPSA) is 92.3 Å². The number of carbonyl (C=O) groups excluding carboxylic acids is 1. The quantitative estimate of drug-likeness (QED) is 0.808. The highest BCUT2D eigenvalue weighted by Gasteiger charge is 2.24. The van der Waals surface area contributed by atoms with Crippen molar-refractivity contribution in [3.05, 3.63) is 41.9 Å². The summed E-state index contributed by atoms with van der Waals surface area (Å²) in [5.74, 6) is 1.39. The molecule has 1 saturated heterocycles. The van der Waals surface area contributed by atoms with Gasteiger partial charge in [-0.2, -0.15) is 4.98 Å². The number of likely N-dealkylation sites (tertiary alicyclic amines) is 1. The largest absolute Gasteiger partial charge is 0.450 e. The van der Waals surface area contributed by atoms with Gasteiger partial charge in [0.05, 0.1) is 6.61 Å². The van der Waals surface area contributed by atoms with Crippen LogP contribution in [0.15, 0.2) is 30.6 Å². The molecular formula is C19H26N6O2. The van der Waals surface area contributed by atoms with Crippen LogP contribution in [0.5, 0.6) is 0 Å². The first-order valence-corrected chi connectivity index (χ1v) is 9.30. The van der Waals surface area contributed by atoms with Gasteiger partial charge in [0.25, 0.3) is 0 Å². The summed E-state index contributed by atoms with van der Waals surface area (Å²) in [6.45, 7) is 6.18. The lowest BCUT2D eigenvalue weighted by molar-refractivity contribution is 0.0983. The molecule has 0 radical (unpaired) electrons. The highest BCUT2D eigenvalue weighted by molar-refractivity contribution is 5.67. The van der Waals surface area contributed by atoms with E-state index in [1.54, 1.807) is 11.1 Å². The molecule has 3 rings (SSSR count). The molecule has 1 aliphatic heterocycles. The van der Waals surface area contributed by atoms with E-state index in [1.165, 1.54) is 0 Å². The molecule has 1 aliphatic rings. The summed E-state index contributed by atoms with van der Waals surface area (Å²) >= 11 is 0. The van der Waals surface area contributed by atoms with E-state index >= 15 is 0 Å². The Bertz CT molecular complexity index is 747. The monoisotopic (exact) mass is 370 g/mol. The highest BCUT2D eigenvalue weighted by atomic mass is 16.6. The number of anilines is 2. The van der Waals surface area contributed by atoms with E-state index in [2.05, 4.69) is 25.6 Å². The zero-order chi connectivity index (χ0) is 19.1. The van der Waals surface area contributed by atoms with Crippen molar-refractivity contribution in [3.8, 4) is 0 Å². The molecule has 2 N–H and O–H groups in total. The van der Waals surface area contributed by atoms with Crippen LogP contribution in [0.25, 0.3) is 0 Å². The van der Waals surface area contributed by atoms with E-state index in [-0.39, 0.29) is 12.1 Å². The summed E-state index contributed by atoms with van der Waals surface area (Å²) in [4.78, 5) is 26.7. The van der Waals surface area contributed by atoms with Gasteiger partial charge in [-0.15, -0.1) is 0 Å². The van der Waals surface area contributed by atoms with Gasteiger partial charge < -0.3 is 20.3 Å². The summed E-state index contributed by atoms with van der Waals surface area (Å²) in [6, 6.07) is 6.09. The molecule has 27 heavy (non-hydrogen) atoms. The minimum Gasteiger partial charge on any atom is -0.450 e. The van der Waals surface area contributed by atoms with E-state index in [1.807, 2.05) is 38.2 Å². The number of nitrogens with zero attached hydrogens (tertiary/aromatic N) is 4. The van der Waals surface area contributed by atoms with Gasteiger partial charge in [0.15, 0.2) is 0 Å². The van der Waals surface area contributed by atoms with E-state index in [0.29, 0.717) is 32.2 Å². The van der Waals surface area contributed by atoms with E-state index < -0.39 is 0 Å². The van der Waals surface area contributed by atoms with Crippen molar-refractivity contribution in [2.75, 3.05) is 30.3 Å². The van der Waals surface area contributed by atoms with Crippen LogP contribution in [0.4, 0.5) is 16.6 Å². The van der Waals surface area contributed by atoms with Gasteiger partial charge in [0, 0.05) is 49.8 Å². The Kier molecular flexibility index (Phi) is 6.40. The van der Waals surface area contributed by atoms with E-state index in [0.717, 1.165) is 29.9 Å². The number of piperidine rings is 1. The second-order valence-electron chi connectivity index (χ2n) is 6.54. The third-order valence-electron chi connectivity index (χ3n) is 4.40. The van der Waals surface area contributed by atoms with Crippen molar-refractivity contribution in [1.82, 2.24) is 19.9 Å². The number of hydrogen-bond acceptors (Lipinski definition) is 7. The summed E-state index contributed by atoms with van der Waals surface area (Å²) < 4.78 is 5.06. The molecule has 1 fully saturated rings. The predicted molar refractivity (Wildman–Crippen MR) is 104 cm³/mol. The number of carbonyl (C=O) groups is 1. The molecule has 1 amide bonds. The third-order valence-corrected chi connectivity index (χ3v) is 4.40. The molecule has 0 spiro atoms. The Labute approximate surface area is 159 Å². The smallest absolute Gasteiger partial charge is 0.409 e. The van der Waals surface area contributed by atoms with Crippen LogP contribution < -0.4 is 10.6 Å². The lowest BCUT2D eigenvalue weighted by atomic mass is 10.1. The van der Waals surface area contributed by atoms with Crippen molar-refractivity contribution >= 4 is 17.9 Å². The van der Waals surface area contributed by atoms with E-state index in [4.69, 9.17) is 4.74 Å². The number of rotatable bonds is 6. The number of hydrogen-bond donors (Lipinski definition) is 2. The van der Waals surface area contributed by atoms with Crippen LogP contribution in [0.1, 0.15) is 31.0 Å². The Morgan fingerprint density at radius 3 is 2.85 bits per heavy atom. The second-order valence-corrected chi connectivity index (χ2v) is 6.54. The minimum atomic E-state index is -0.232. The molecule has 8 heteroatoms. The number of pyridine rings is 1. The van der Waals surface area contributed by atoms with Crippen LogP contribution in [-0.4, -0.2) is 51.7 Å². The Morgan fingerprint density at radius 2 is 2.15 bits per heavy atom. The lowest BCUT2D eigenvalue weighted by Gasteiger charge is -2.31. The fourth-order valence-corrected chi connectivity index (χ4v) is 3.02. The Morgan fingerprint density at radius 1 is 1.33 bits per heavy atom. The van der Waals surface area contributed by atoms with Crippen LogP contribution in [0, 0.1) is 6.92 Å². The maximum Gasteiger partial charge on any atom is 0.409 e. The fourth-order valence-electron chi connectivity index (χ4n) is 3.02. The molecule has 0 saturated carbocycles. The first kappa shape index (κ1) is 18.9. The first-order valence-electron chi connectivity index (χ1n) is 9.30. The Balaban J connectivity index is 1.54. The van der Waals surface area contributed by atoms with Gasteiger partial charge in [0.1, 0.15) is 5.82 Å². The van der Waals surface area contributed by atoms with Gasteiger partial charge in [-0.25, -0.2) is 9.78 Å². The van der Waals surface area contributed by atoms with Crippen LogP contribution in [0.2, 0.25) is 0 Å². The van der Waals surface area contributed by atoms with Crippen molar-refractivity contribution in [2.45, 2.75) is 39.3 Å². The molecule has 3 heterocycles. The molecule has 2 aromatic rings. The minimum absolute atomic E-state index is 0.232. The lowest BCUT2D eigenvalue weighted by Crippen LogP contribution is -2.42. The standard InChI is InChI=1S/C19H26N6O2/c1-3-27-19(26)25-9-6-16(7-10-25)23-18-22-14(2)11-17(24-18)21-13-15-5-4-8-20-12-15/h4-5,8,11-12,16H,3,6-7,9-10,13H2,1-2H3,(H2,21,22,23,24). The molecule has 0 aromatic carbocycles. The zero-order valence-electron chi connectivity index (χ0n) is 15.8. The SMILES string of the molecule is CCOC(=O)N1CCC(Nc2nc(C)cc(NCc3cccnc3)n2)CC1. The van der Waals surface area contributed by atoms with Crippen LogP contribution >= 0.6 is 0 Å². The average molecular weight is 370 g/mol. The number of nitrogens with one attached hydrogen (secondary N) is 2. The summed E-state index contributed by atoms with van der Waals surface area (Å²) in [5, 5.41) is 6.71.